The number of carbonyl (C=O) groups is 1. The fourth-order valence-corrected chi connectivity index (χ4v) is 5.40. The maximum Gasteiger partial charge on any atom is 0.268 e. The van der Waals surface area contributed by atoms with Gasteiger partial charge in [-0.05, 0) is 58.7 Å². The lowest BCUT2D eigenvalue weighted by molar-refractivity contribution is 0.0978. The number of methoxy groups -OCH3 is 1. The molecule has 0 saturated heterocycles. The van der Waals surface area contributed by atoms with Gasteiger partial charge in [0, 0.05) is 24.1 Å². The third kappa shape index (κ3) is 4.38. The van der Waals surface area contributed by atoms with E-state index in [-0.39, 0.29) is 10.5 Å². The standard InChI is InChI=1S/C28H24N2O4S/c1-30-18-22(24-9-5-6-10-26(24)30)15-19-11-14-27(34-2)25(16-19)28(31)29-35(32,33)23-13-12-20-7-3-4-8-21(20)17-23/h3-14,16-18H,15H2,1-2H3,(H,29,31). The molecule has 0 bridgehead atoms. The predicted octanol–water partition coefficient (Wildman–Crippen LogP) is 5.05. The Balaban J connectivity index is 1.45. The first-order valence-electron chi connectivity index (χ1n) is 11.1. The molecule has 6 nitrogen and oxygen atoms in total. The second-order valence-corrected chi connectivity index (χ2v) is 10.1. The Bertz CT molecular complexity index is 1690. The van der Waals surface area contributed by atoms with Gasteiger partial charge >= 0.3 is 0 Å². The van der Waals surface area contributed by atoms with Gasteiger partial charge in [-0.25, -0.2) is 13.1 Å². The van der Waals surface area contributed by atoms with Crippen LogP contribution in [0.5, 0.6) is 5.75 Å². The number of para-hydroxylation sites is 1. The minimum Gasteiger partial charge on any atom is -0.496 e. The first kappa shape index (κ1) is 22.7. The molecule has 0 fully saturated rings. The SMILES string of the molecule is COc1ccc(Cc2cn(C)c3ccccc23)cc1C(=O)NS(=O)(=O)c1ccc2ccccc2c1. The zero-order chi connectivity index (χ0) is 24.6. The summed E-state index contributed by atoms with van der Waals surface area (Å²) in [6.07, 6.45) is 2.65. The zero-order valence-corrected chi connectivity index (χ0v) is 20.2. The average Bonchev–Trinajstić information content (AvgIpc) is 3.18. The summed E-state index contributed by atoms with van der Waals surface area (Å²) in [5, 5.41) is 2.83. The first-order chi connectivity index (χ1) is 16.9. The minimum absolute atomic E-state index is 0.0235. The number of ether oxygens (including phenoxy) is 1. The number of amides is 1. The van der Waals surface area contributed by atoms with Crippen molar-refractivity contribution < 1.29 is 17.9 Å². The van der Waals surface area contributed by atoms with Crippen molar-refractivity contribution in [2.75, 3.05) is 7.11 Å². The van der Waals surface area contributed by atoms with E-state index in [1.807, 2.05) is 49.5 Å². The molecule has 1 amide bonds. The van der Waals surface area contributed by atoms with Gasteiger partial charge in [0.05, 0.1) is 17.6 Å². The van der Waals surface area contributed by atoms with Crippen LogP contribution in [-0.4, -0.2) is 26.0 Å². The summed E-state index contributed by atoms with van der Waals surface area (Å²) < 4.78 is 35.7. The first-order valence-corrected chi connectivity index (χ1v) is 12.6. The number of rotatable bonds is 6. The van der Waals surface area contributed by atoms with E-state index in [9.17, 15) is 13.2 Å². The third-order valence-corrected chi connectivity index (χ3v) is 7.47. The van der Waals surface area contributed by atoms with Crippen LogP contribution in [0.1, 0.15) is 21.5 Å². The minimum atomic E-state index is -4.08. The number of hydrogen-bond acceptors (Lipinski definition) is 4. The monoisotopic (exact) mass is 484 g/mol. The number of aromatic nitrogens is 1. The van der Waals surface area contributed by atoms with Crippen LogP contribution < -0.4 is 9.46 Å². The number of carbonyl (C=O) groups excluding carboxylic acids is 1. The van der Waals surface area contributed by atoms with Gasteiger partial charge in [-0.15, -0.1) is 0 Å². The smallest absolute Gasteiger partial charge is 0.268 e. The molecule has 1 aromatic heterocycles. The normalized spacial score (nSPS) is 11.6. The summed E-state index contributed by atoms with van der Waals surface area (Å²) in [7, 11) is -0.631. The molecule has 7 heteroatoms. The molecule has 0 aliphatic heterocycles. The molecule has 5 aromatic rings. The van der Waals surface area contributed by atoms with Crippen molar-refractivity contribution >= 4 is 37.6 Å². The Morgan fingerprint density at radius 1 is 0.914 bits per heavy atom. The lowest BCUT2D eigenvalue weighted by Crippen LogP contribution is -2.31. The highest BCUT2D eigenvalue weighted by Crippen LogP contribution is 2.26. The summed E-state index contributed by atoms with van der Waals surface area (Å²) in [6.45, 7) is 0. The number of aryl methyl sites for hydroxylation is 1. The average molecular weight is 485 g/mol. The van der Waals surface area contributed by atoms with Crippen molar-refractivity contribution in [3.05, 3.63) is 108 Å². The van der Waals surface area contributed by atoms with E-state index < -0.39 is 15.9 Å². The number of fused-ring (bicyclic) bond motifs is 2. The van der Waals surface area contributed by atoms with E-state index >= 15 is 0 Å². The van der Waals surface area contributed by atoms with Gasteiger partial charge in [-0.1, -0.05) is 54.6 Å². The van der Waals surface area contributed by atoms with Crippen LogP contribution in [0.2, 0.25) is 0 Å². The predicted molar refractivity (Wildman–Crippen MR) is 137 cm³/mol. The lowest BCUT2D eigenvalue weighted by atomic mass is 10.0. The maximum atomic E-state index is 13.1. The number of sulfonamides is 1. The van der Waals surface area contributed by atoms with Gasteiger partial charge in [-0.3, -0.25) is 4.79 Å². The molecule has 5 rings (SSSR count). The van der Waals surface area contributed by atoms with Crippen molar-refractivity contribution in [1.29, 1.82) is 0 Å². The summed E-state index contributed by atoms with van der Waals surface area (Å²) >= 11 is 0. The molecular weight excluding hydrogens is 460 g/mol. The van der Waals surface area contributed by atoms with Gasteiger partial charge in [0.1, 0.15) is 5.75 Å². The molecule has 0 aliphatic rings. The van der Waals surface area contributed by atoms with Crippen molar-refractivity contribution in [3.63, 3.8) is 0 Å². The summed E-state index contributed by atoms with van der Waals surface area (Å²) in [4.78, 5) is 13.1. The van der Waals surface area contributed by atoms with Gasteiger partial charge in [0.15, 0.2) is 0 Å². The number of nitrogens with one attached hydrogen (secondary N) is 1. The van der Waals surface area contributed by atoms with Gasteiger partial charge in [0.25, 0.3) is 15.9 Å². The zero-order valence-electron chi connectivity index (χ0n) is 19.4. The summed E-state index contributed by atoms with van der Waals surface area (Å²) in [5.41, 5.74) is 3.27. The molecule has 35 heavy (non-hydrogen) atoms. The highest BCUT2D eigenvalue weighted by molar-refractivity contribution is 7.90. The fourth-order valence-electron chi connectivity index (χ4n) is 4.40. The van der Waals surface area contributed by atoms with Crippen LogP contribution in [-0.2, 0) is 23.5 Å². The van der Waals surface area contributed by atoms with E-state index in [0.29, 0.717) is 12.2 Å². The molecule has 4 aromatic carbocycles. The van der Waals surface area contributed by atoms with E-state index in [2.05, 4.69) is 27.6 Å². The van der Waals surface area contributed by atoms with Gasteiger partial charge in [0.2, 0.25) is 0 Å². The molecule has 0 unspecified atom stereocenters. The van der Waals surface area contributed by atoms with E-state index in [1.54, 1.807) is 24.3 Å². The highest BCUT2D eigenvalue weighted by Gasteiger charge is 2.22. The summed E-state index contributed by atoms with van der Waals surface area (Å²) in [5.74, 6) is -0.437. The Morgan fingerprint density at radius 2 is 1.66 bits per heavy atom. The molecule has 1 heterocycles. The largest absolute Gasteiger partial charge is 0.496 e. The number of benzene rings is 4. The molecule has 0 aliphatic carbocycles. The van der Waals surface area contributed by atoms with Crippen molar-refractivity contribution in [2.24, 2.45) is 7.05 Å². The number of nitrogens with zero attached hydrogens (tertiary/aromatic N) is 1. The molecule has 0 atom stereocenters. The van der Waals surface area contributed by atoms with E-state index in [0.717, 1.165) is 32.8 Å². The Kier molecular flexibility index (Phi) is 5.78. The van der Waals surface area contributed by atoms with Crippen molar-refractivity contribution in [2.45, 2.75) is 11.3 Å². The van der Waals surface area contributed by atoms with Crippen LogP contribution >= 0.6 is 0 Å². The van der Waals surface area contributed by atoms with Crippen molar-refractivity contribution in [1.82, 2.24) is 9.29 Å². The van der Waals surface area contributed by atoms with Crippen LogP contribution in [0.4, 0.5) is 0 Å². The summed E-state index contributed by atoms with van der Waals surface area (Å²) in [6, 6.07) is 25.6. The lowest BCUT2D eigenvalue weighted by Gasteiger charge is -2.12. The van der Waals surface area contributed by atoms with Gasteiger partial charge < -0.3 is 9.30 Å². The molecule has 0 radical (unpaired) electrons. The van der Waals surface area contributed by atoms with Gasteiger partial charge in [-0.2, -0.15) is 0 Å². The Morgan fingerprint density at radius 3 is 2.46 bits per heavy atom. The Hall–Kier alpha value is -4.10. The Labute approximate surface area is 203 Å². The van der Waals surface area contributed by atoms with Crippen LogP contribution in [0.25, 0.3) is 21.7 Å². The topological polar surface area (TPSA) is 77.4 Å². The molecule has 0 spiro atoms. The van der Waals surface area contributed by atoms with Crippen LogP contribution in [0, 0.1) is 0 Å². The van der Waals surface area contributed by atoms with E-state index in [4.69, 9.17) is 4.74 Å². The third-order valence-electron chi connectivity index (χ3n) is 6.14. The molecule has 1 N–H and O–H groups in total. The second-order valence-electron chi connectivity index (χ2n) is 8.44. The number of hydrogen-bond donors (Lipinski definition) is 1. The van der Waals surface area contributed by atoms with Crippen LogP contribution in [0.15, 0.2) is 96.0 Å². The molecule has 0 saturated carbocycles. The van der Waals surface area contributed by atoms with Crippen molar-refractivity contribution in [3.8, 4) is 5.75 Å². The second kappa shape index (κ2) is 8.92. The maximum absolute atomic E-state index is 13.1. The van der Waals surface area contributed by atoms with E-state index in [1.165, 1.54) is 13.2 Å². The fraction of sp³-hybridized carbons (Fsp3) is 0.107. The quantitative estimate of drug-likeness (QED) is 0.366. The molecule has 176 valence electrons. The highest BCUT2D eigenvalue weighted by atomic mass is 32.2. The molecular formula is C28H24N2O4S. The van der Waals surface area contributed by atoms with Crippen LogP contribution in [0.3, 0.4) is 0 Å².